The van der Waals surface area contributed by atoms with E-state index in [9.17, 15) is 27.6 Å². The van der Waals surface area contributed by atoms with E-state index < -0.39 is 40.8 Å². The summed E-state index contributed by atoms with van der Waals surface area (Å²) in [5, 5.41) is 3.50. The van der Waals surface area contributed by atoms with E-state index in [0.29, 0.717) is 0 Å². The molecule has 2 amide bonds. The first-order valence-electron chi connectivity index (χ1n) is 6.77. The van der Waals surface area contributed by atoms with Crippen LogP contribution < -0.4 is 10.6 Å². The summed E-state index contributed by atoms with van der Waals surface area (Å²) in [5.74, 6) is -4.70. The number of hydrogen-bond acceptors (Lipinski definition) is 5. The largest absolute Gasteiger partial charge is 0.462 e. The van der Waals surface area contributed by atoms with Crippen LogP contribution in [0.5, 0.6) is 0 Å². The number of hydrogen-bond donors (Lipinski definition) is 2. The molecular weight excluding hydrogens is 333 g/mol. The molecule has 10 heteroatoms. The second-order valence-corrected chi connectivity index (χ2v) is 4.85. The molecule has 7 nitrogen and oxygen atoms in total. The number of allylic oxidation sites excluding steroid dienone is 1. The topological polar surface area (TPSA) is 97.6 Å². The van der Waals surface area contributed by atoms with E-state index >= 15 is 0 Å². The third-order valence-electron chi connectivity index (χ3n) is 3.34. The van der Waals surface area contributed by atoms with Gasteiger partial charge in [-0.3, -0.25) is 9.59 Å². The third-order valence-corrected chi connectivity index (χ3v) is 3.34. The maximum absolute atomic E-state index is 13.7. The van der Waals surface area contributed by atoms with E-state index in [-0.39, 0.29) is 12.3 Å². The zero-order chi connectivity index (χ0) is 18.1. The molecule has 0 spiro atoms. The molecule has 24 heavy (non-hydrogen) atoms. The molecule has 0 unspecified atom stereocenters. The van der Waals surface area contributed by atoms with Crippen LogP contribution in [0.25, 0.3) is 0 Å². The highest BCUT2D eigenvalue weighted by Crippen LogP contribution is 2.41. The highest BCUT2D eigenvalue weighted by molar-refractivity contribution is 6.11. The predicted molar refractivity (Wildman–Crippen MR) is 72.4 cm³/mol. The van der Waals surface area contributed by atoms with E-state index in [1.165, 1.54) is 13.0 Å². The minimum atomic E-state index is -5.29. The smallest absolute Gasteiger partial charge is 0.425 e. The van der Waals surface area contributed by atoms with Gasteiger partial charge >= 0.3 is 12.1 Å². The molecule has 2 N–H and O–H groups in total. The Morgan fingerprint density at radius 1 is 1.42 bits per heavy atom. The number of furan rings is 1. The summed E-state index contributed by atoms with van der Waals surface area (Å²) < 4.78 is 50.6. The molecule has 0 bridgehead atoms. The lowest BCUT2D eigenvalue weighted by atomic mass is 9.89. The maximum atomic E-state index is 13.7. The van der Waals surface area contributed by atoms with Gasteiger partial charge < -0.3 is 19.8 Å². The molecule has 1 aliphatic heterocycles. The first-order valence-corrected chi connectivity index (χ1v) is 6.77. The van der Waals surface area contributed by atoms with Crippen LogP contribution in [-0.4, -0.2) is 36.1 Å². The van der Waals surface area contributed by atoms with Crippen LogP contribution in [0, 0.1) is 0 Å². The Hall–Kier alpha value is -2.78. The number of carbonyl (C=O) groups excluding carboxylic acids is 3. The van der Waals surface area contributed by atoms with E-state index in [1.54, 1.807) is 5.32 Å². The van der Waals surface area contributed by atoms with Gasteiger partial charge in [0.2, 0.25) is 5.54 Å². The van der Waals surface area contributed by atoms with Crippen LogP contribution in [0.1, 0.15) is 24.4 Å². The van der Waals surface area contributed by atoms with Crippen molar-refractivity contribution < 1.29 is 36.7 Å². The van der Waals surface area contributed by atoms with Gasteiger partial charge in [0.15, 0.2) is 5.76 Å². The molecular formula is C14H13F3N2O5. The molecule has 1 aliphatic rings. The Labute approximate surface area is 133 Å². The van der Waals surface area contributed by atoms with E-state index in [2.05, 4.69) is 4.74 Å². The molecule has 1 atom stereocenters. The van der Waals surface area contributed by atoms with Crippen LogP contribution in [0.2, 0.25) is 0 Å². The lowest BCUT2D eigenvalue weighted by Gasteiger charge is -2.31. The quantitative estimate of drug-likeness (QED) is 0.801. The lowest BCUT2D eigenvalue weighted by molar-refractivity contribution is -0.189. The minimum absolute atomic E-state index is 0.204. The fourth-order valence-corrected chi connectivity index (χ4v) is 2.33. The molecule has 0 radical (unpaired) electrons. The molecule has 0 fully saturated rings. The van der Waals surface area contributed by atoms with Crippen molar-refractivity contribution in [3.8, 4) is 0 Å². The van der Waals surface area contributed by atoms with Crippen molar-refractivity contribution in [2.45, 2.75) is 25.6 Å². The second-order valence-electron chi connectivity index (χ2n) is 4.85. The summed E-state index contributed by atoms with van der Waals surface area (Å²) in [6.07, 6.45) is -4.21. The van der Waals surface area contributed by atoms with Crippen LogP contribution in [0.3, 0.4) is 0 Å². The molecule has 0 aromatic carbocycles. The van der Waals surface area contributed by atoms with Gasteiger partial charge in [-0.2, -0.15) is 13.2 Å². The minimum Gasteiger partial charge on any atom is -0.462 e. The van der Waals surface area contributed by atoms with Crippen molar-refractivity contribution in [1.29, 1.82) is 0 Å². The van der Waals surface area contributed by atoms with Crippen molar-refractivity contribution >= 4 is 17.8 Å². The zero-order valence-electron chi connectivity index (χ0n) is 12.6. The van der Waals surface area contributed by atoms with E-state index in [4.69, 9.17) is 4.42 Å². The summed E-state index contributed by atoms with van der Waals surface area (Å²) in [4.78, 5) is 36.1. The highest BCUT2D eigenvalue weighted by atomic mass is 19.4. The normalized spacial score (nSPS) is 20.8. The van der Waals surface area contributed by atoms with Gasteiger partial charge in [-0.05, 0) is 26.0 Å². The maximum Gasteiger partial charge on any atom is 0.425 e. The van der Waals surface area contributed by atoms with Crippen LogP contribution in [0.4, 0.5) is 13.2 Å². The van der Waals surface area contributed by atoms with Gasteiger partial charge in [-0.1, -0.05) is 0 Å². The average molecular weight is 346 g/mol. The van der Waals surface area contributed by atoms with Gasteiger partial charge in [-0.25, -0.2) is 4.79 Å². The molecule has 0 saturated carbocycles. The van der Waals surface area contributed by atoms with Gasteiger partial charge in [0.05, 0.1) is 12.9 Å². The molecule has 130 valence electrons. The van der Waals surface area contributed by atoms with Gasteiger partial charge in [0.1, 0.15) is 5.57 Å². The van der Waals surface area contributed by atoms with Crippen molar-refractivity contribution in [3.63, 3.8) is 0 Å². The Morgan fingerprint density at radius 2 is 2.08 bits per heavy atom. The number of carbonyl (C=O) groups is 3. The third kappa shape index (κ3) is 2.63. The Kier molecular flexibility index (Phi) is 4.41. The summed E-state index contributed by atoms with van der Waals surface area (Å²) in [6, 6.07) is 2.41. The SMILES string of the molecule is CCOC(=O)C1=C(C)NC(=O)[C@]1(NC(=O)c1ccco1)C(F)(F)F. The van der Waals surface area contributed by atoms with Crippen LogP contribution in [-0.2, 0) is 14.3 Å². The standard InChI is InChI=1S/C14H13F3N2O5/c1-3-23-11(21)9-7(2)18-12(22)13(9,14(15,16)17)19-10(20)8-5-4-6-24-8/h4-6H,3H2,1-2H3,(H,18,22)(H,19,20)/t13-/m0/s1. The zero-order valence-corrected chi connectivity index (χ0v) is 12.6. The lowest BCUT2D eigenvalue weighted by Crippen LogP contribution is -2.66. The fraction of sp³-hybridized carbons (Fsp3) is 0.357. The van der Waals surface area contributed by atoms with E-state index in [1.807, 2.05) is 5.32 Å². The van der Waals surface area contributed by atoms with Crippen molar-refractivity contribution in [2.24, 2.45) is 0 Å². The van der Waals surface area contributed by atoms with Crippen LogP contribution >= 0.6 is 0 Å². The summed E-state index contributed by atoms with van der Waals surface area (Å²) in [6.45, 7) is 2.30. The molecule has 1 aromatic rings. The fourth-order valence-electron chi connectivity index (χ4n) is 2.33. The van der Waals surface area contributed by atoms with Crippen molar-refractivity contribution in [2.75, 3.05) is 6.61 Å². The van der Waals surface area contributed by atoms with Crippen molar-refractivity contribution in [3.05, 3.63) is 35.4 Å². The molecule has 1 aromatic heterocycles. The Bertz CT molecular complexity index is 708. The highest BCUT2D eigenvalue weighted by Gasteiger charge is 2.69. The first-order chi connectivity index (χ1) is 11.1. The molecule has 2 rings (SSSR count). The number of esters is 1. The second kappa shape index (κ2) is 6.02. The van der Waals surface area contributed by atoms with Gasteiger partial charge in [0.25, 0.3) is 11.8 Å². The van der Waals surface area contributed by atoms with Crippen LogP contribution in [0.15, 0.2) is 34.1 Å². The van der Waals surface area contributed by atoms with Gasteiger partial charge in [-0.15, -0.1) is 0 Å². The number of ether oxygens (including phenoxy) is 1. The number of alkyl halides is 3. The monoisotopic (exact) mass is 346 g/mol. The summed E-state index contributed by atoms with van der Waals surface area (Å²) in [7, 11) is 0. The molecule has 0 saturated heterocycles. The summed E-state index contributed by atoms with van der Waals surface area (Å²) >= 11 is 0. The van der Waals surface area contributed by atoms with E-state index in [0.717, 1.165) is 19.3 Å². The average Bonchev–Trinajstić information content (AvgIpc) is 3.06. The first kappa shape index (κ1) is 17.6. The Balaban J connectivity index is 2.55. The molecule has 0 aliphatic carbocycles. The number of rotatable bonds is 4. The molecule has 2 heterocycles. The van der Waals surface area contributed by atoms with Crippen molar-refractivity contribution in [1.82, 2.24) is 10.6 Å². The number of halogens is 3. The Morgan fingerprint density at radius 3 is 2.58 bits per heavy atom. The number of nitrogens with one attached hydrogen (secondary N) is 2. The predicted octanol–water partition coefficient (Wildman–Crippen LogP) is 1.28. The number of amides is 2. The summed E-state index contributed by atoms with van der Waals surface area (Å²) in [5.41, 5.74) is -4.93. The van der Waals surface area contributed by atoms with Gasteiger partial charge in [0, 0.05) is 5.70 Å².